The van der Waals surface area contributed by atoms with Crippen LogP contribution >= 0.6 is 0 Å². The Bertz CT molecular complexity index is 590. The maximum atomic E-state index is 12.8. The number of nitrogens with zero attached hydrogens (tertiary/aromatic N) is 1. The number of morpholine rings is 1. The van der Waals surface area contributed by atoms with Crippen LogP contribution in [0.5, 0.6) is 11.5 Å². The van der Waals surface area contributed by atoms with Gasteiger partial charge in [0.2, 0.25) is 5.91 Å². The molecule has 1 aromatic carbocycles. The highest BCUT2D eigenvalue weighted by Gasteiger charge is 2.46. The monoisotopic (exact) mass is 321 g/mol. The predicted octanol–water partition coefficient (Wildman–Crippen LogP) is -0.749. The summed E-state index contributed by atoms with van der Waals surface area (Å²) in [6.07, 6.45) is 0.230. The van der Waals surface area contributed by atoms with Crippen LogP contribution in [0.3, 0.4) is 0 Å². The van der Waals surface area contributed by atoms with E-state index in [4.69, 9.17) is 14.2 Å². The van der Waals surface area contributed by atoms with Gasteiger partial charge in [0.1, 0.15) is 24.6 Å². The number of nitrogens with one attached hydrogen (secondary N) is 1. The molecule has 1 atom stereocenters. The van der Waals surface area contributed by atoms with Gasteiger partial charge in [0.05, 0.1) is 39.5 Å². The molecule has 7 heteroatoms. The average Bonchev–Trinajstić information content (AvgIpc) is 2.89. The van der Waals surface area contributed by atoms with Gasteiger partial charge in [-0.25, -0.2) is 4.90 Å². The van der Waals surface area contributed by atoms with Crippen molar-refractivity contribution < 1.29 is 28.7 Å². The van der Waals surface area contributed by atoms with Crippen molar-refractivity contribution in [2.45, 2.75) is 12.5 Å². The third-order valence-electron chi connectivity index (χ3n) is 4.37. The molecule has 0 unspecified atom stereocenters. The number of hydrogen-bond acceptors (Lipinski definition) is 5. The lowest BCUT2D eigenvalue weighted by Gasteiger charge is -2.27. The molecule has 1 aromatic rings. The Balaban J connectivity index is 1.87. The van der Waals surface area contributed by atoms with Crippen LogP contribution in [0.1, 0.15) is 6.42 Å². The van der Waals surface area contributed by atoms with E-state index in [-0.39, 0.29) is 24.3 Å². The van der Waals surface area contributed by atoms with E-state index in [9.17, 15) is 9.59 Å². The van der Waals surface area contributed by atoms with Gasteiger partial charge in [-0.2, -0.15) is 0 Å². The predicted molar refractivity (Wildman–Crippen MR) is 82.0 cm³/mol. The molecule has 3 rings (SSSR count). The van der Waals surface area contributed by atoms with Crippen molar-refractivity contribution in [2.75, 3.05) is 45.4 Å². The van der Waals surface area contributed by atoms with E-state index in [2.05, 4.69) is 0 Å². The second-order valence-corrected chi connectivity index (χ2v) is 5.67. The molecule has 0 saturated carbocycles. The van der Waals surface area contributed by atoms with E-state index in [1.165, 1.54) is 19.1 Å². The minimum absolute atomic E-state index is 0.165. The quantitative estimate of drug-likeness (QED) is 0.739. The number of amides is 2. The van der Waals surface area contributed by atoms with Crippen molar-refractivity contribution in [3.05, 3.63) is 18.2 Å². The van der Waals surface area contributed by atoms with Gasteiger partial charge < -0.3 is 19.1 Å². The Hall–Kier alpha value is -2.12. The second-order valence-electron chi connectivity index (χ2n) is 5.67. The number of quaternary nitrogens is 1. The van der Waals surface area contributed by atoms with Crippen LogP contribution in [0.25, 0.3) is 0 Å². The van der Waals surface area contributed by atoms with E-state index < -0.39 is 0 Å². The zero-order valence-corrected chi connectivity index (χ0v) is 13.3. The molecule has 2 saturated heterocycles. The third-order valence-corrected chi connectivity index (χ3v) is 4.37. The summed E-state index contributed by atoms with van der Waals surface area (Å²) >= 11 is 0. The first-order valence-electron chi connectivity index (χ1n) is 7.66. The highest BCUT2D eigenvalue weighted by atomic mass is 16.5. The molecule has 0 spiro atoms. The van der Waals surface area contributed by atoms with Crippen LogP contribution < -0.4 is 19.3 Å². The number of benzene rings is 1. The molecule has 124 valence electrons. The van der Waals surface area contributed by atoms with Gasteiger partial charge in [0.15, 0.2) is 6.04 Å². The number of imide groups is 1. The molecule has 2 fully saturated rings. The van der Waals surface area contributed by atoms with Crippen molar-refractivity contribution in [3.8, 4) is 11.5 Å². The smallest absolute Gasteiger partial charge is 0.292 e. The normalized spacial score (nSPS) is 22.5. The SMILES string of the molecule is COc1cc(OC)cc(N2C(=O)C[C@@H]([NH+]3CCOCC3)C2=O)c1. The topological polar surface area (TPSA) is 69.5 Å². The number of rotatable bonds is 4. The summed E-state index contributed by atoms with van der Waals surface area (Å²) in [5.74, 6) is 0.737. The molecule has 0 bridgehead atoms. The largest absolute Gasteiger partial charge is 0.497 e. The van der Waals surface area contributed by atoms with Crippen molar-refractivity contribution >= 4 is 17.5 Å². The van der Waals surface area contributed by atoms with E-state index >= 15 is 0 Å². The summed E-state index contributed by atoms with van der Waals surface area (Å²) < 4.78 is 15.8. The zero-order chi connectivity index (χ0) is 16.4. The molecule has 0 aromatic heterocycles. The maximum absolute atomic E-state index is 12.8. The molecule has 2 heterocycles. The summed E-state index contributed by atoms with van der Waals surface area (Å²) in [5.41, 5.74) is 0.492. The fraction of sp³-hybridized carbons (Fsp3) is 0.500. The highest BCUT2D eigenvalue weighted by molar-refractivity contribution is 6.22. The van der Waals surface area contributed by atoms with Gasteiger partial charge in [0.25, 0.3) is 5.91 Å². The molecular formula is C16H21N2O5+. The number of carbonyl (C=O) groups excluding carboxylic acids is 2. The lowest BCUT2D eigenvalue weighted by Crippen LogP contribution is -3.18. The Morgan fingerprint density at radius 1 is 1.09 bits per heavy atom. The van der Waals surface area contributed by atoms with Gasteiger partial charge in [-0.15, -0.1) is 0 Å². The fourth-order valence-electron chi connectivity index (χ4n) is 3.13. The summed E-state index contributed by atoms with van der Waals surface area (Å²) in [7, 11) is 3.07. The number of carbonyl (C=O) groups is 2. The van der Waals surface area contributed by atoms with Crippen molar-refractivity contribution in [2.24, 2.45) is 0 Å². The maximum Gasteiger partial charge on any atom is 0.292 e. The minimum atomic E-state index is -0.330. The first-order chi connectivity index (χ1) is 11.1. The first kappa shape index (κ1) is 15.8. The van der Waals surface area contributed by atoms with Crippen LogP contribution in [0.2, 0.25) is 0 Å². The van der Waals surface area contributed by atoms with Crippen molar-refractivity contribution in [3.63, 3.8) is 0 Å². The lowest BCUT2D eigenvalue weighted by atomic mass is 10.2. The van der Waals surface area contributed by atoms with Gasteiger partial charge in [0, 0.05) is 18.2 Å². The molecule has 2 aliphatic heterocycles. The van der Waals surface area contributed by atoms with E-state index in [0.717, 1.165) is 18.0 Å². The molecule has 1 N–H and O–H groups in total. The van der Waals surface area contributed by atoms with Gasteiger partial charge in [-0.05, 0) is 0 Å². The van der Waals surface area contributed by atoms with E-state index in [0.29, 0.717) is 30.4 Å². The van der Waals surface area contributed by atoms with E-state index in [1.807, 2.05) is 0 Å². The van der Waals surface area contributed by atoms with E-state index in [1.54, 1.807) is 18.2 Å². The molecule has 0 aliphatic carbocycles. The molecule has 2 amide bonds. The summed E-state index contributed by atoms with van der Waals surface area (Å²) in [5, 5.41) is 0. The summed E-state index contributed by atoms with van der Waals surface area (Å²) in [6.45, 7) is 2.75. The zero-order valence-electron chi connectivity index (χ0n) is 13.3. The van der Waals surface area contributed by atoms with Gasteiger partial charge >= 0.3 is 0 Å². The summed E-state index contributed by atoms with van der Waals surface area (Å²) in [6, 6.07) is 4.73. The highest BCUT2D eigenvalue weighted by Crippen LogP contribution is 2.31. The molecule has 23 heavy (non-hydrogen) atoms. The standard InChI is InChI=1S/C16H20N2O5/c1-21-12-7-11(8-13(9-12)22-2)18-15(19)10-14(16(18)20)17-3-5-23-6-4-17/h7-9,14H,3-6,10H2,1-2H3/p+1/t14-/m1/s1. The second kappa shape index (κ2) is 6.55. The molecule has 2 aliphatic rings. The number of hydrogen-bond donors (Lipinski definition) is 1. The van der Waals surface area contributed by atoms with Crippen LogP contribution in [0, 0.1) is 0 Å². The lowest BCUT2D eigenvalue weighted by molar-refractivity contribution is -0.922. The number of anilines is 1. The Morgan fingerprint density at radius 3 is 2.26 bits per heavy atom. The van der Waals surface area contributed by atoms with Gasteiger partial charge in [-0.3, -0.25) is 9.59 Å². The first-order valence-corrected chi connectivity index (χ1v) is 7.66. The van der Waals surface area contributed by atoms with Crippen LogP contribution in [0.15, 0.2) is 18.2 Å². The van der Waals surface area contributed by atoms with Crippen LogP contribution in [0.4, 0.5) is 5.69 Å². The Kier molecular flexibility index (Phi) is 4.49. The average molecular weight is 321 g/mol. The third kappa shape index (κ3) is 3.02. The van der Waals surface area contributed by atoms with Crippen LogP contribution in [-0.2, 0) is 14.3 Å². The molecule has 7 nitrogen and oxygen atoms in total. The van der Waals surface area contributed by atoms with Crippen LogP contribution in [-0.4, -0.2) is 58.4 Å². The minimum Gasteiger partial charge on any atom is -0.497 e. The fourth-order valence-corrected chi connectivity index (χ4v) is 3.13. The molecule has 0 radical (unpaired) electrons. The van der Waals surface area contributed by atoms with Crippen molar-refractivity contribution in [1.82, 2.24) is 0 Å². The number of methoxy groups -OCH3 is 2. The molecular weight excluding hydrogens is 300 g/mol. The Labute approximate surface area is 134 Å². The van der Waals surface area contributed by atoms with Crippen molar-refractivity contribution in [1.29, 1.82) is 0 Å². The Morgan fingerprint density at radius 2 is 1.70 bits per heavy atom. The number of ether oxygens (including phenoxy) is 3. The van der Waals surface area contributed by atoms with Gasteiger partial charge in [-0.1, -0.05) is 0 Å². The summed E-state index contributed by atoms with van der Waals surface area (Å²) in [4.78, 5) is 27.6.